The molecule has 0 radical (unpaired) electrons. The quantitative estimate of drug-likeness (QED) is 0.838. The molecular formula is C14H19ClN2OS. The molecule has 3 nitrogen and oxygen atoms in total. The Morgan fingerprint density at radius 3 is 3.00 bits per heavy atom. The zero-order valence-corrected chi connectivity index (χ0v) is 12.6. The summed E-state index contributed by atoms with van der Waals surface area (Å²) >= 11 is 7.79. The average Bonchev–Trinajstić information content (AvgIpc) is 2.80. The van der Waals surface area contributed by atoms with Gasteiger partial charge < -0.3 is 11.1 Å². The lowest BCUT2D eigenvalue weighted by Gasteiger charge is -2.20. The Hall–Kier alpha value is -0.870. The van der Waals surface area contributed by atoms with Crippen molar-refractivity contribution in [3.05, 3.63) is 28.8 Å². The molecule has 2 unspecified atom stereocenters. The van der Waals surface area contributed by atoms with Crippen LogP contribution in [0.1, 0.15) is 36.5 Å². The van der Waals surface area contributed by atoms with Gasteiger partial charge in [0.15, 0.2) is 0 Å². The van der Waals surface area contributed by atoms with Crippen LogP contribution in [0.5, 0.6) is 0 Å². The summed E-state index contributed by atoms with van der Waals surface area (Å²) in [6.45, 7) is 2.15. The molecule has 0 aromatic heterocycles. The van der Waals surface area contributed by atoms with Crippen molar-refractivity contribution < 1.29 is 4.79 Å². The molecule has 0 bridgehead atoms. The molecule has 19 heavy (non-hydrogen) atoms. The van der Waals surface area contributed by atoms with E-state index in [9.17, 15) is 4.79 Å². The van der Waals surface area contributed by atoms with Gasteiger partial charge in [-0.1, -0.05) is 24.9 Å². The molecule has 1 aromatic carbocycles. The molecule has 0 aliphatic heterocycles. The van der Waals surface area contributed by atoms with Crippen LogP contribution in [0, 0.1) is 0 Å². The van der Waals surface area contributed by atoms with Crippen LogP contribution < -0.4 is 11.1 Å². The maximum Gasteiger partial charge on any atom is 0.251 e. The number of nitrogens with two attached hydrogens (primary N) is 1. The summed E-state index contributed by atoms with van der Waals surface area (Å²) in [7, 11) is 0. The number of nitrogen functional groups attached to an aromatic ring is 1. The van der Waals surface area contributed by atoms with Crippen LogP contribution >= 0.6 is 23.4 Å². The van der Waals surface area contributed by atoms with Gasteiger partial charge in [-0.25, -0.2) is 0 Å². The number of halogens is 1. The summed E-state index contributed by atoms with van der Waals surface area (Å²) in [6, 6.07) is 5.28. The molecule has 1 aliphatic rings. The van der Waals surface area contributed by atoms with E-state index in [1.807, 2.05) is 11.8 Å². The first-order valence-electron chi connectivity index (χ1n) is 6.59. The molecule has 5 heteroatoms. The molecule has 1 aliphatic carbocycles. The number of thioether (sulfide) groups is 1. The number of hydrogen-bond donors (Lipinski definition) is 2. The highest BCUT2D eigenvalue weighted by atomic mass is 35.5. The van der Waals surface area contributed by atoms with Crippen LogP contribution in [0.15, 0.2) is 18.2 Å². The minimum atomic E-state index is -0.0584. The fourth-order valence-electron chi connectivity index (χ4n) is 2.44. The second kappa shape index (κ2) is 6.53. The van der Waals surface area contributed by atoms with E-state index in [0.717, 1.165) is 12.2 Å². The normalized spacial score (nSPS) is 22.4. The maximum absolute atomic E-state index is 12.2. The van der Waals surface area contributed by atoms with Crippen molar-refractivity contribution >= 4 is 35.0 Å². The van der Waals surface area contributed by atoms with E-state index in [1.165, 1.54) is 12.8 Å². The van der Waals surface area contributed by atoms with E-state index >= 15 is 0 Å². The molecule has 1 fully saturated rings. The topological polar surface area (TPSA) is 55.1 Å². The van der Waals surface area contributed by atoms with Gasteiger partial charge in [0, 0.05) is 16.9 Å². The third-order valence-electron chi connectivity index (χ3n) is 3.41. The Labute approximate surface area is 123 Å². The lowest BCUT2D eigenvalue weighted by Crippen LogP contribution is -2.38. The van der Waals surface area contributed by atoms with E-state index in [-0.39, 0.29) is 11.9 Å². The lowest BCUT2D eigenvalue weighted by atomic mass is 10.1. The molecular weight excluding hydrogens is 280 g/mol. The standard InChI is InChI=1S/C14H19ClN2OS/c1-2-19-13-5-3-4-12(13)17-14(18)9-6-7-10(15)11(16)8-9/h6-8,12-13H,2-5,16H2,1H3,(H,17,18). The molecule has 3 N–H and O–H groups in total. The predicted molar refractivity (Wildman–Crippen MR) is 82.9 cm³/mol. The molecule has 2 rings (SSSR count). The molecule has 1 saturated carbocycles. The van der Waals surface area contributed by atoms with Gasteiger partial charge in [-0.3, -0.25) is 4.79 Å². The van der Waals surface area contributed by atoms with E-state index in [0.29, 0.717) is 21.5 Å². The fourth-order valence-corrected chi connectivity index (χ4v) is 3.76. The SMILES string of the molecule is CCSC1CCCC1NC(=O)c1ccc(Cl)c(N)c1. The number of nitrogens with one attached hydrogen (secondary N) is 1. The largest absolute Gasteiger partial charge is 0.398 e. The summed E-state index contributed by atoms with van der Waals surface area (Å²) in [4.78, 5) is 12.2. The van der Waals surface area contributed by atoms with E-state index in [2.05, 4.69) is 12.2 Å². The van der Waals surface area contributed by atoms with Gasteiger partial charge in [0.2, 0.25) is 0 Å². The van der Waals surface area contributed by atoms with Gasteiger partial charge in [-0.15, -0.1) is 0 Å². The highest BCUT2D eigenvalue weighted by Crippen LogP contribution is 2.30. The van der Waals surface area contributed by atoms with Gasteiger partial charge in [0.25, 0.3) is 5.91 Å². The summed E-state index contributed by atoms with van der Waals surface area (Å²) in [6.07, 6.45) is 3.43. The molecule has 2 atom stereocenters. The Balaban J connectivity index is 2.02. The van der Waals surface area contributed by atoms with Gasteiger partial charge in [0.1, 0.15) is 0 Å². The van der Waals surface area contributed by atoms with Crippen molar-refractivity contribution in [1.82, 2.24) is 5.32 Å². The third-order valence-corrected chi connectivity index (χ3v) is 5.08. The second-order valence-electron chi connectivity index (χ2n) is 4.74. The van der Waals surface area contributed by atoms with Crippen molar-refractivity contribution in [2.75, 3.05) is 11.5 Å². The van der Waals surface area contributed by atoms with Crippen LogP contribution in [-0.4, -0.2) is 23.0 Å². The number of carbonyl (C=O) groups excluding carboxylic acids is 1. The van der Waals surface area contributed by atoms with Gasteiger partial charge in [-0.05, 0) is 36.8 Å². The van der Waals surface area contributed by atoms with Crippen LogP contribution in [0.2, 0.25) is 5.02 Å². The molecule has 0 spiro atoms. The second-order valence-corrected chi connectivity index (χ2v) is 6.66. The number of rotatable bonds is 4. The summed E-state index contributed by atoms with van der Waals surface area (Å²) in [5.41, 5.74) is 6.75. The first-order chi connectivity index (χ1) is 9.11. The van der Waals surface area contributed by atoms with Gasteiger partial charge in [-0.2, -0.15) is 11.8 Å². The number of anilines is 1. The molecule has 0 saturated heterocycles. The maximum atomic E-state index is 12.2. The number of carbonyl (C=O) groups is 1. The highest BCUT2D eigenvalue weighted by molar-refractivity contribution is 7.99. The van der Waals surface area contributed by atoms with Crippen LogP contribution in [-0.2, 0) is 0 Å². The first kappa shape index (κ1) is 14.5. The summed E-state index contributed by atoms with van der Waals surface area (Å²) in [5.74, 6) is 1.03. The molecule has 1 amide bonds. The Kier molecular flexibility index (Phi) is 4.99. The fraction of sp³-hybridized carbons (Fsp3) is 0.500. The summed E-state index contributed by atoms with van der Waals surface area (Å²) in [5, 5.41) is 4.14. The average molecular weight is 299 g/mol. The molecule has 104 valence electrons. The van der Waals surface area contributed by atoms with Crippen molar-refractivity contribution in [2.24, 2.45) is 0 Å². The minimum Gasteiger partial charge on any atom is -0.398 e. The highest BCUT2D eigenvalue weighted by Gasteiger charge is 2.28. The number of hydrogen-bond acceptors (Lipinski definition) is 3. The van der Waals surface area contributed by atoms with Gasteiger partial charge >= 0.3 is 0 Å². The predicted octanol–water partition coefficient (Wildman–Crippen LogP) is 3.33. The summed E-state index contributed by atoms with van der Waals surface area (Å²) < 4.78 is 0. The Morgan fingerprint density at radius 2 is 2.32 bits per heavy atom. The smallest absolute Gasteiger partial charge is 0.251 e. The zero-order chi connectivity index (χ0) is 13.8. The van der Waals surface area contributed by atoms with E-state index in [1.54, 1.807) is 18.2 Å². The van der Waals surface area contributed by atoms with E-state index < -0.39 is 0 Å². The monoisotopic (exact) mass is 298 g/mol. The third kappa shape index (κ3) is 3.57. The zero-order valence-electron chi connectivity index (χ0n) is 11.0. The van der Waals surface area contributed by atoms with Crippen molar-refractivity contribution in [3.63, 3.8) is 0 Å². The molecule has 1 aromatic rings. The van der Waals surface area contributed by atoms with Crippen molar-refractivity contribution in [3.8, 4) is 0 Å². The van der Waals surface area contributed by atoms with Crippen molar-refractivity contribution in [1.29, 1.82) is 0 Å². The Morgan fingerprint density at radius 1 is 1.53 bits per heavy atom. The molecule has 0 heterocycles. The number of benzene rings is 1. The number of amides is 1. The minimum absolute atomic E-state index is 0.0584. The lowest BCUT2D eigenvalue weighted by molar-refractivity contribution is 0.0938. The van der Waals surface area contributed by atoms with E-state index in [4.69, 9.17) is 17.3 Å². The first-order valence-corrected chi connectivity index (χ1v) is 8.02. The van der Waals surface area contributed by atoms with Crippen LogP contribution in [0.4, 0.5) is 5.69 Å². The van der Waals surface area contributed by atoms with Crippen LogP contribution in [0.3, 0.4) is 0 Å². The van der Waals surface area contributed by atoms with Crippen LogP contribution in [0.25, 0.3) is 0 Å². The van der Waals surface area contributed by atoms with Crippen molar-refractivity contribution in [2.45, 2.75) is 37.5 Å². The Bertz CT molecular complexity index is 467. The van der Waals surface area contributed by atoms with Gasteiger partial charge in [0.05, 0.1) is 10.7 Å².